The molecule has 4 nitrogen and oxygen atoms in total. The first-order valence-electron chi connectivity index (χ1n) is 7.31. The van der Waals surface area contributed by atoms with Crippen molar-refractivity contribution in [2.24, 2.45) is 0 Å². The largest absolute Gasteiger partial charge is 0.385 e. The molecular weight excluding hydrogens is 252 g/mol. The minimum Gasteiger partial charge on any atom is -0.385 e. The summed E-state index contributed by atoms with van der Waals surface area (Å²) >= 11 is 0. The molecular formula is C16H24N2O2. The van der Waals surface area contributed by atoms with E-state index in [-0.39, 0.29) is 11.5 Å². The summed E-state index contributed by atoms with van der Waals surface area (Å²) < 4.78 is 5.69. The Morgan fingerprint density at radius 3 is 2.90 bits per heavy atom. The highest BCUT2D eigenvalue weighted by Gasteiger charge is 2.30. The van der Waals surface area contributed by atoms with Crippen LogP contribution >= 0.6 is 0 Å². The standard InChI is InChI=1S/C16H24N2O2/c1-4-17-14-10-12(2)6-7-13(14)15(19)18-11-16(3)8-5-9-20-16/h6-7,10,17H,4-5,8-9,11H2,1-3H3,(H,18,19). The van der Waals surface area contributed by atoms with Crippen molar-refractivity contribution in [3.05, 3.63) is 29.3 Å². The minimum atomic E-state index is -0.210. The molecule has 20 heavy (non-hydrogen) atoms. The molecule has 0 aliphatic carbocycles. The van der Waals surface area contributed by atoms with Gasteiger partial charge in [-0.15, -0.1) is 0 Å². The van der Waals surface area contributed by atoms with E-state index in [9.17, 15) is 4.79 Å². The molecule has 4 heteroatoms. The van der Waals surface area contributed by atoms with Crippen LogP contribution in [-0.2, 0) is 4.74 Å². The van der Waals surface area contributed by atoms with Crippen LogP contribution in [-0.4, -0.2) is 31.2 Å². The lowest BCUT2D eigenvalue weighted by Gasteiger charge is -2.23. The number of hydrogen-bond donors (Lipinski definition) is 2. The SMILES string of the molecule is CCNc1cc(C)ccc1C(=O)NCC1(C)CCCO1. The van der Waals surface area contributed by atoms with Gasteiger partial charge in [0.05, 0.1) is 11.2 Å². The lowest BCUT2D eigenvalue weighted by Crippen LogP contribution is -2.40. The minimum absolute atomic E-state index is 0.0438. The maximum atomic E-state index is 12.3. The van der Waals surface area contributed by atoms with Gasteiger partial charge in [0, 0.05) is 25.4 Å². The number of carbonyl (C=O) groups excluding carboxylic acids is 1. The molecule has 1 amide bonds. The van der Waals surface area contributed by atoms with Crippen LogP contribution in [0.25, 0.3) is 0 Å². The van der Waals surface area contributed by atoms with Gasteiger partial charge in [0.2, 0.25) is 0 Å². The van der Waals surface area contributed by atoms with Crippen LogP contribution in [0, 0.1) is 6.92 Å². The number of hydrogen-bond acceptors (Lipinski definition) is 3. The lowest BCUT2D eigenvalue weighted by molar-refractivity contribution is 0.0206. The second-order valence-corrected chi connectivity index (χ2v) is 5.66. The van der Waals surface area contributed by atoms with Crippen molar-refractivity contribution in [2.45, 2.75) is 39.2 Å². The molecule has 1 aromatic carbocycles. The summed E-state index contributed by atoms with van der Waals surface area (Å²) in [4.78, 5) is 12.3. The third-order valence-electron chi connectivity index (χ3n) is 3.71. The first kappa shape index (κ1) is 14.9. The molecule has 0 radical (unpaired) electrons. The van der Waals surface area contributed by atoms with E-state index in [2.05, 4.69) is 17.6 Å². The van der Waals surface area contributed by atoms with Crippen LogP contribution in [0.1, 0.15) is 42.6 Å². The molecule has 1 aliphatic heterocycles. The van der Waals surface area contributed by atoms with Crippen LogP contribution in [0.2, 0.25) is 0 Å². The fourth-order valence-corrected chi connectivity index (χ4v) is 2.53. The van der Waals surface area contributed by atoms with Gasteiger partial charge in [-0.2, -0.15) is 0 Å². The van der Waals surface area contributed by atoms with Crippen molar-refractivity contribution in [1.29, 1.82) is 0 Å². The van der Waals surface area contributed by atoms with Gasteiger partial charge in [-0.1, -0.05) is 6.07 Å². The number of ether oxygens (including phenoxy) is 1. The summed E-state index contributed by atoms with van der Waals surface area (Å²) in [6, 6.07) is 5.84. The Kier molecular flexibility index (Phi) is 4.65. The van der Waals surface area contributed by atoms with Gasteiger partial charge in [-0.3, -0.25) is 4.79 Å². The second-order valence-electron chi connectivity index (χ2n) is 5.66. The molecule has 1 atom stereocenters. The van der Waals surface area contributed by atoms with E-state index < -0.39 is 0 Å². The topological polar surface area (TPSA) is 50.4 Å². The molecule has 1 fully saturated rings. The molecule has 2 N–H and O–H groups in total. The summed E-state index contributed by atoms with van der Waals surface area (Å²) in [7, 11) is 0. The maximum Gasteiger partial charge on any atom is 0.253 e. The average Bonchev–Trinajstić information content (AvgIpc) is 2.84. The number of anilines is 1. The van der Waals surface area contributed by atoms with Crippen LogP contribution < -0.4 is 10.6 Å². The van der Waals surface area contributed by atoms with Crippen LogP contribution in [0.3, 0.4) is 0 Å². The predicted molar refractivity (Wildman–Crippen MR) is 81.3 cm³/mol. The van der Waals surface area contributed by atoms with E-state index in [0.29, 0.717) is 12.1 Å². The number of benzene rings is 1. The zero-order valence-corrected chi connectivity index (χ0v) is 12.6. The second kappa shape index (κ2) is 6.27. The first-order chi connectivity index (χ1) is 9.54. The van der Waals surface area contributed by atoms with Crippen molar-refractivity contribution < 1.29 is 9.53 Å². The van der Waals surface area contributed by atoms with E-state index in [1.165, 1.54) is 0 Å². The Hall–Kier alpha value is -1.55. The molecule has 0 saturated carbocycles. The van der Waals surface area contributed by atoms with Crippen molar-refractivity contribution in [3.8, 4) is 0 Å². The fraction of sp³-hybridized carbons (Fsp3) is 0.562. The summed E-state index contributed by atoms with van der Waals surface area (Å²) in [6.45, 7) is 8.25. The Balaban J connectivity index is 2.05. The van der Waals surface area contributed by atoms with Gasteiger partial charge < -0.3 is 15.4 Å². The van der Waals surface area contributed by atoms with Gasteiger partial charge in [-0.25, -0.2) is 0 Å². The number of rotatable bonds is 5. The molecule has 1 aromatic rings. The van der Waals surface area contributed by atoms with Gasteiger partial charge in [0.1, 0.15) is 0 Å². The van der Waals surface area contributed by atoms with E-state index in [0.717, 1.165) is 37.2 Å². The van der Waals surface area contributed by atoms with Crippen molar-refractivity contribution in [3.63, 3.8) is 0 Å². The number of aryl methyl sites for hydroxylation is 1. The normalized spacial score (nSPS) is 21.8. The number of carbonyl (C=O) groups is 1. The highest BCUT2D eigenvalue weighted by Crippen LogP contribution is 2.24. The summed E-state index contributed by atoms with van der Waals surface area (Å²) in [5.74, 6) is -0.0438. The first-order valence-corrected chi connectivity index (χ1v) is 7.31. The molecule has 110 valence electrons. The summed E-state index contributed by atoms with van der Waals surface area (Å²) in [6.07, 6.45) is 2.07. The van der Waals surface area contributed by atoms with Gasteiger partial charge in [-0.05, 0) is 51.3 Å². The molecule has 1 heterocycles. The Morgan fingerprint density at radius 1 is 1.45 bits per heavy atom. The molecule has 1 unspecified atom stereocenters. The van der Waals surface area contributed by atoms with E-state index in [4.69, 9.17) is 4.74 Å². The molecule has 0 bridgehead atoms. The molecule has 2 rings (SSSR count). The third-order valence-corrected chi connectivity index (χ3v) is 3.71. The number of nitrogens with one attached hydrogen (secondary N) is 2. The lowest BCUT2D eigenvalue weighted by atomic mass is 10.0. The Bertz CT molecular complexity index is 479. The molecule has 0 aromatic heterocycles. The van der Waals surface area contributed by atoms with E-state index in [1.54, 1.807) is 0 Å². The smallest absolute Gasteiger partial charge is 0.253 e. The van der Waals surface area contributed by atoms with Gasteiger partial charge >= 0.3 is 0 Å². The highest BCUT2D eigenvalue weighted by atomic mass is 16.5. The van der Waals surface area contributed by atoms with Crippen molar-refractivity contribution in [2.75, 3.05) is 25.0 Å². The van der Waals surface area contributed by atoms with Gasteiger partial charge in [0.15, 0.2) is 0 Å². The average molecular weight is 276 g/mol. The van der Waals surface area contributed by atoms with Crippen molar-refractivity contribution in [1.82, 2.24) is 5.32 Å². The fourth-order valence-electron chi connectivity index (χ4n) is 2.53. The van der Waals surface area contributed by atoms with Gasteiger partial charge in [0.25, 0.3) is 5.91 Å². The highest BCUT2D eigenvalue weighted by molar-refractivity contribution is 5.99. The molecule has 1 aliphatic rings. The zero-order valence-electron chi connectivity index (χ0n) is 12.6. The Labute approximate surface area is 120 Å². The number of amides is 1. The zero-order chi connectivity index (χ0) is 14.6. The van der Waals surface area contributed by atoms with Crippen LogP contribution in [0.15, 0.2) is 18.2 Å². The van der Waals surface area contributed by atoms with Crippen molar-refractivity contribution >= 4 is 11.6 Å². The predicted octanol–water partition coefficient (Wildman–Crippen LogP) is 2.73. The molecule has 1 saturated heterocycles. The quantitative estimate of drug-likeness (QED) is 0.869. The third kappa shape index (κ3) is 3.51. The van der Waals surface area contributed by atoms with Crippen LogP contribution in [0.4, 0.5) is 5.69 Å². The maximum absolute atomic E-state index is 12.3. The summed E-state index contributed by atoms with van der Waals surface area (Å²) in [5, 5.41) is 6.24. The Morgan fingerprint density at radius 2 is 2.25 bits per heavy atom. The van der Waals surface area contributed by atoms with E-state index in [1.807, 2.05) is 32.0 Å². The molecule has 0 spiro atoms. The summed E-state index contributed by atoms with van der Waals surface area (Å²) in [5.41, 5.74) is 2.52. The van der Waals surface area contributed by atoms with E-state index >= 15 is 0 Å². The van der Waals surface area contributed by atoms with Crippen LogP contribution in [0.5, 0.6) is 0 Å². The monoisotopic (exact) mass is 276 g/mol.